The van der Waals surface area contributed by atoms with E-state index in [0.717, 1.165) is 56.5 Å². The molecule has 0 aromatic carbocycles. The molecule has 1 heterocycles. The molecule has 1 aliphatic heterocycles. The van der Waals surface area contributed by atoms with Crippen molar-refractivity contribution >= 4 is 11.6 Å². The minimum atomic E-state index is -0.0567. The van der Waals surface area contributed by atoms with Gasteiger partial charge in [-0.25, -0.2) is 0 Å². The average molecular weight is 326 g/mol. The summed E-state index contributed by atoms with van der Waals surface area (Å²) in [6, 6.07) is 2.35. The Kier molecular flexibility index (Phi) is 4.62. The number of Topliss-reactive ketones (excluding diaryl/α,β-unsaturated/α-hetero) is 2. The number of ketones is 2. The van der Waals surface area contributed by atoms with Crippen molar-refractivity contribution in [3.05, 3.63) is 22.4 Å². The number of hydrogen-bond acceptors (Lipinski definition) is 4. The lowest BCUT2D eigenvalue weighted by atomic mass is 9.71. The van der Waals surface area contributed by atoms with Crippen molar-refractivity contribution in [2.75, 3.05) is 13.1 Å². The van der Waals surface area contributed by atoms with Crippen LogP contribution < -0.4 is 0 Å². The normalized spacial score (nSPS) is 25.1. The second kappa shape index (κ2) is 6.55. The van der Waals surface area contributed by atoms with E-state index in [9.17, 15) is 14.9 Å². The fraction of sp³-hybridized carbons (Fsp3) is 0.650. The molecule has 0 bridgehead atoms. The van der Waals surface area contributed by atoms with Gasteiger partial charge in [0.1, 0.15) is 6.07 Å². The first-order valence-electron chi connectivity index (χ1n) is 9.11. The van der Waals surface area contributed by atoms with Gasteiger partial charge < -0.3 is 4.90 Å². The topological polar surface area (TPSA) is 61.2 Å². The molecule has 0 spiro atoms. The first-order valence-corrected chi connectivity index (χ1v) is 9.11. The molecule has 0 unspecified atom stereocenters. The molecular weight excluding hydrogens is 300 g/mol. The van der Waals surface area contributed by atoms with Gasteiger partial charge >= 0.3 is 0 Å². The summed E-state index contributed by atoms with van der Waals surface area (Å²) in [5, 5.41) is 9.84. The molecule has 1 saturated carbocycles. The molecule has 4 nitrogen and oxygen atoms in total. The zero-order valence-corrected chi connectivity index (χ0v) is 14.8. The molecule has 1 saturated heterocycles. The summed E-state index contributed by atoms with van der Waals surface area (Å²) in [5.74, 6) is -0.113. The Morgan fingerprint density at radius 2 is 1.54 bits per heavy atom. The smallest absolute Gasteiger partial charge is 0.166 e. The van der Waals surface area contributed by atoms with Crippen LogP contribution in [-0.2, 0) is 9.59 Å². The number of hydrogen-bond donors (Lipinski definition) is 0. The van der Waals surface area contributed by atoms with Crippen molar-refractivity contribution in [1.82, 2.24) is 4.90 Å². The van der Waals surface area contributed by atoms with E-state index in [1.165, 1.54) is 0 Å². The molecular formula is C20H26N2O2. The van der Waals surface area contributed by atoms with E-state index < -0.39 is 0 Å². The Labute approximate surface area is 144 Å². The van der Waals surface area contributed by atoms with Crippen molar-refractivity contribution in [3.63, 3.8) is 0 Å². The highest BCUT2D eigenvalue weighted by Gasteiger charge is 2.37. The number of likely N-dealkylation sites (tertiary alicyclic amines) is 1. The van der Waals surface area contributed by atoms with Crippen LogP contribution in [0.3, 0.4) is 0 Å². The summed E-state index contributed by atoms with van der Waals surface area (Å²) in [7, 11) is 0. The molecule has 24 heavy (non-hydrogen) atoms. The van der Waals surface area contributed by atoms with Crippen LogP contribution in [0.2, 0.25) is 0 Å². The highest BCUT2D eigenvalue weighted by Crippen LogP contribution is 2.45. The Morgan fingerprint density at radius 3 is 2.08 bits per heavy atom. The predicted molar refractivity (Wildman–Crippen MR) is 92.0 cm³/mol. The predicted octanol–water partition coefficient (Wildman–Crippen LogP) is 3.69. The number of rotatable bonds is 1. The summed E-state index contributed by atoms with van der Waals surface area (Å²) in [4.78, 5) is 27.5. The zero-order chi connectivity index (χ0) is 17.3. The minimum absolute atomic E-state index is 0.0343. The largest absolute Gasteiger partial charge is 0.374 e. The molecule has 128 valence electrons. The summed E-state index contributed by atoms with van der Waals surface area (Å²) >= 11 is 0. The van der Waals surface area contributed by atoms with E-state index in [4.69, 9.17) is 0 Å². The van der Waals surface area contributed by atoms with Crippen LogP contribution in [0.4, 0.5) is 0 Å². The molecule has 3 rings (SSSR count). The third-order valence-electron chi connectivity index (χ3n) is 5.41. The summed E-state index contributed by atoms with van der Waals surface area (Å²) < 4.78 is 0. The molecule has 0 aromatic rings. The van der Waals surface area contributed by atoms with Crippen LogP contribution in [0.5, 0.6) is 0 Å². The monoisotopic (exact) mass is 326 g/mol. The molecule has 0 atom stereocenters. The van der Waals surface area contributed by atoms with Gasteiger partial charge in [-0.1, -0.05) is 13.8 Å². The lowest BCUT2D eigenvalue weighted by molar-refractivity contribution is -0.120. The van der Waals surface area contributed by atoms with Crippen molar-refractivity contribution < 1.29 is 9.59 Å². The maximum Gasteiger partial charge on any atom is 0.166 e. The number of carbonyl (C=O) groups is 2. The maximum atomic E-state index is 12.6. The summed E-state index contributed by atoms with van der Waals surface area (Å²) in [6.07, 6.45) is 6.18. The SMILES string of the molecule is CC1(C)CC(=C2C(=O)CCCCC2=O)C(C#N)=C(N2CCCC2)C1. The van der Waals surface area contributed by atoms with Crippen LogP contribution in [-0.4, -0.2) is 29.6 Å². The van der Waals surface area contributed by atoms with Crippen LogP contribution in [0, 0.1) is 16.7 Å². The first kappa shape index (κ1) is 17.0. The Morgan fingerprint density at radius 1 is 0.958 bits per heavy atom. The lowest BCUT2D eigenvalue weighted by Gasteiger charge is -2.37. The third-order valence-corrected chi connectivity index (χ3v) is 5.41. The van der Waals surface area contributed by atoms with Crippen LogP contribution in [0.1, 0.15) is 65.2 Å². The molecule has 0 radical (unpaired) electrons. The number of nitriles is 1. The fourth-order valence-electron chi connectivity index (χ4n) is 4.26. The van der Waals surface area contributed by atoms with Gasteiger partial charge in [-0.05, 0) is 49.5 Å². The fourth-order valence-corrected chi connectivity index (χ4v) is 4.26. The lowest BCUT2D eigenvalue weighted by Crippen LogP contribution is -2.31. The highest BCUT2D eigenvalue weighted by atomic mass is 16.1. The van der Waals surface area contributed by atoms with Crippen molar-refractivity contribution in [3.8, 4) is 6.07 Å². The minimum Gasteiger partial charge on any atom is -0.374 e. The van der Waals surface area contributed by atoms with Gasteiger partial charge in [-0.2, -0.15) is 5.26 Å². The highest BCUT2D eigenvalue weighted by molar-refractivity contribution is 6.21. The third kappa shape index (κ3) is 3.17. The summed E-state index contributed by atoms with van der Waals surface area (Å²) in [6.45, 7) is 6.29. The van der Waals surface area contributed by atoms with Gasteiger partial charge in [-0.3, -0.25) is 9.59 Å². The number of carbonyl (C=O) groups excluding carboxylic acids is 2. The van der Waals surface area contributed by atoms with Crippen LogP contribution >= 0.6 is 0 Å². The zero-order valence-electron chi connectivity index (χ0n) is 14.8. The molecule has 4 heteroatoms. The number of nitrogens with zero attached hydrogens (tertiary/aromatic N) is 2. The number of allylic oxidation sites excluding steroid dienone is 4. The van der Waals surface area contributed by atoms with E-state index in [-0.39, 0.29) is 17.0 Å². The van der Waals surface area contributed by atoms with Crippen molar-refractivity contribution in [2.24, 2.45) is 5.41 Å². The molecule has 0 aromatic heterocycles. The Hall–Kier alpha value is -1.89. The van der Waals surface area contributed by atoms with E-state index >= 15 is 0 Å². The van der Waals surface area contributed by atoms with Crippen LogP contribution in [0.15, 0.2) is 22.4 Å². The molecule has 2 aliphatic carbocycles. The molecule has 0 amide bonds. The molecule has 2 fully saturated rings. The van der Waals surface area contributed by atoms with Gasteiger partial charge in [0.15, 0.2) is 11.6 Å². The van der Waals surface area contributed by atoms with E-state index in [1.54, 1.807) is 0 Å². The van der Waals surface area contributed by atoms with Crippen molar-refractivity contribution in [1.29, 1.82) is 5.26 Å². The van der Waals surface area contributed by atoms with Gasteiger partial charge in [0.2, 0.25) is 0 Å². The van der Waals surface area contributed by atoms with Gasteiger partial charge in [0, 0.05) is 31.6 Å². The Bertz CT molecular complexity index is 650. The molecule has 0 N–H and O–H groups in total. The first-order chi connectivity index (χ1) is 11.4. The van der Waals surface area contributed by atoms with Gasteiger partial charge in [0.25, 0.3) is 0 Å². The van der Waals surface area contributed by atoms with E-state index in [1.807, 2.05) is 0 Å². The maximum absolute atomic E-state index is 12.6. The molecule has 3 aliphatic rings. The van der Waals surface area contributed by atoms with E-state index in [0.29, 0.717) is 30.4 Å². The van der Waals surface area contributed by atoms with Gasteiger partial charge in [-0.15, -0.1) is 0 Å². The summed E-state index contributed by atoms with van der Waals surface area (Å²) in [5.41, 5.74) is 2.70. The average Bonchev–Trinajstić information content (AvgIpc) is 2.99. The van der Waals surface area contributed by atoms with Crippen molar-refractivity contribution in [2.45, 2.75) is 65.2 Å². The quantitative estimate of drug-likeness (QED) is 0.419. The van der Waals surface area contributed by atoms with E-state index in [2.05, 4.69) is 24.8 Å². The standard InChI is InChI=1S/C20H26N2O2/c1-20(2)11-14(19-17(23)7-3-4-8-18(19)24)15(13-21)16(12-20)22-9-5-6-10-22/h3-12H2,1-2H3. The second-order valence-electron chi connectivity index (χ2n) is 8.05. The second-order valence-corrected chi connectivity index (χ2v) is 8.05. The Balaban J connectivity index is 2.18. The van der Waals surface area contributed by atoms with Gasteiger partial charge in [0.05, 0.1) is 11.1 Å². The van der Waals surface area contributed by atoms with Crippen LogP contribution in [0.25, 0.3) is 0 Å².